The SMILES string of the molecule is C=C1CC[C@@H](O)/C(C)=C\C[C@H]2[C@H]1C[C@]2(C)O. The van der Waals surface area contributed by atoms with Crippen molar-refractivity contribution in [3.63, 3.8) is 0 Å². The van der Waals surface area contributed by atoms with E-state index in [2.05, 4.69) is 12.7 Å². The van der Waals surface area contributed by atoms with Crippen molar-refractivity contribution in [1.82, 2.24) is 0 Å². The average Bonchev–Trinajstić information content (AvgIpc) is 2.24. The second kappa shape index (κ2) is 4.01. The molecule has 0 bridgehead atoms. The number of aliphatic hydroxyl groups is 2. The summed E-state index contributed by atoms with van der Waals surface area (Å²) in [5, 5.41) is 20.0. The number of hydrogen-bond donors (Lipinski definition) is 2. The van der Waals surface area contributed by atoms with Gasteiger partial charge in [0.15, 0.2) is 0 Å². The van der Waals surface area contributed by atoms with Crippen molar-refractivity contribution in [3.8, 4) is 0 Å². The minimum absolute atomic E-state index is 0.292. The van der Waals surface area contributed by atoms with Gasteiger partial charge in [0.1, 0.15) is 0 Å². The van der Waals surface area contributed by atoms with Crippen LogP contribution < -0.4 is 0 Å². The van der Waals surface area contributed by atoms with E-state index in [1.54, 1.807) is 0 Å². The molecule has 2 rings (SSSR count). The fraction of sp³-hybridized carbons (Fsp3) is 0.714. The topological polar surface area (TPSA) is 40.5 Å². The largest absolute Gasteiger partial charge is 0.390 e. The van der Waals surface area contributed by atoms with Gasteiger partial charge in [0, 0.05) is 0 Å². The van der Waals surface area contributed by atoms with Gasteiger partial charge in [-0.1, -0.05) is 18.2 Å². The van der Waals surface area contributed by atoms with Crippen LogP contribution in [0.15, 0.2) is 23.8 Å². The second-order valence-corrected chi connectivity index (χ2v) is 5.67. The Hall–Kier alpha value is -0.600. The maximum atomic E-state index is 10.2. The molecule has 0 aromatic carbocycles. The molecule has 0 heterocycles. The van der Waals surface area contributed by atoms with Crippen molar-refractivity contribution >= 4 is 0 Å². The molecule has 2 aliphatic rings. The maximum absolute atomic E-state index is 10.2. The van der Waals surface area contributed by atoms with Crippen LogP contribution in [-0.2, 0) is 0 Å². The first-order valence-electron chi connectivity index (χ1n) is 6.16. The molecule has 2 N–H and O–H groups in total. The molecule has 2 nitrogen and oxygen atoms in total. The van der Waals surface area contributed by atoms with Crippen molar-refractivity contribution in [3.05, 3.63) is 23.8 Å². The lowest BCUT2D eigenvalue weighted by Crippen LogP contribution is -2.52. The molecule has 0 aromatic rings. The zero-order valence-corrected chi connectivity index (χ0v) is 10.2. The molecular formula is C14H22O2. The summed E-state index contributed by atoms with van der Waals surface area (Å²) in [6.07, 6.45) is 5.10. The zero-order chi connectivity index (χ0) is 11.9. The van der Waals surface area contributed by atoms with Crippen LogP contribution in [0.1, 0.15) is 39.5 Å². The van der Waals surface area contributed by atoms with Crippen LogP contribution in [0.2, 0.25) is 0 Å². The van der Waals surface area contributed by atoms with Gasteiger partial charge in [0.25, 0.3) is 0 Å². The summed E-state index contributed by atoms with van der Waals surface area (Å²) < 4.78 is 0. The van der Waals surface area contributed by atoms with Crippen molar-refractivity contribution in [1.29, 1.82) is 0 Å². The Kier molecular flexibility index (Phi) is 2.97. The molecule has 0 aromatic heterocycles. The molecule has 2 aliphatic carbocycles. The molecular weight excluding hydrogens is 200 g/mol. The molecule has 4 atom stereocenters. The molecule has 0 amide bonds. The van der Waals surface area contributed by atoms with Gasteiger partial charge in [0.05, 0.1) is 11.7 Å². The predicted molar refractivity (Wildman–Crippen MR) is 65.0 cm³/mol. The Bertz CT molecular complexity index is 328. The van der Waals surface area contributed by atoms with E-state index >= 15 is 0 Å². The van der Waals surface area contributed by atoms with Gasteiger partial charge in [-0.2, -0.15) is 0 Å². The Balaban J connectivity index is 2.18. The highest BCUT2D eigenvalue weighted by atomic mass is 16.3. The first kappa shape index (κ1) is 11.9. The molecule has 0 radical (unpaired) electrons. The number of allylic oxidation sites excluding steroid dienone is 2. The monoisotopic (exact) mass is 222 g/mol. The molecule has 0 aliphatic heterocycles. The number of aliphatic hydroxyl groups excluding tert-OH is 1. The smallest absolute Gasteiger partial charge is 0.0750 e. The molecule has 0 spiro atoms. The summed E-state index contributed by atoms with van der Waals surface area (Å²) in [7, 11) is 0. The summed E-state index contributed by atoms with van der Waals surface area (Å²) in [6.45, 7) is 8.01. The normalized spacial score (nSPS) is 47.9. The first-order valence-corrected chi connectivity index (χ1v) is 6.16. The second-order valence-electron chi connectivity index (χ2n) is 5.67. The van der Waals surface area contributed by atoms with E-state index in [1.807, 2.05) is 13.8 Å². The molecule has 1 fully saturated rings. The van der Waals surface area contributed by atoms with Crippen molar-refractivity contribution in [2.24, 2.45) is 11.8 Å². The van der Waals surface area contributed by atoms with E-state index in [0.29, 0.717) is 11.8 Å². The van der Waals surface area contributed by atoms with Crippen LogP contribution in [0.5, 0.6) is 0 Å². The van der Waals surface area contributed by atoms with Gasteiger partial charge in [0.2, 0.25) is 0 Å². The van der Waals surface area contributed by atoms with E-state index in [-0.39, 0.29) is 6.10 Å². The van der Waals surface area contributed by atoms with Gasteiger partial charge >= 0.3 is 0 Å². The minimum Gasteiger partial charge on any atom is -0.390 e. The fourth-order valence-electron chi connectivity index (χ4n) is 3.04. The molecule has 16 heavy (non-hydrogen) atoms. The van der Waals surface area contributed by atoms with Gasteiger partial charge in [-0.15, -0.1) is 0 Å². The van der Waals surface area contributed by atoms with E-state index in [9.17, 15) is 10.2 Å². The summed E-state index contributed by atoms with van der Waals surface area (Å²) in [6, 6.07) is 0. The molecule has 1 saturated carbocycles. The predicted octanol–water partition coefficient (Wildman–Crippen LogP) is 2.42. The van der Waals surface area contributed by atoms with Crippen molar-refractivity contribution in [2.45, 2.75) is 51.2 Å². The van der Waals surface area contributed by atoms with Gasteiger partial charge in [-0.25, -0.2) is 0 Å². The van der Waals surface area contributed by atoms with Crippen LogP contribution in [-0.4, -0.2) is 21.9 Å². The minimum atomic E-state index is -0.542. The van der Waals surface area contributed by atoms with E-state index in [0.717, 1.165) is 31.3 Å². The highest BCUT2D eigenvalue weighted by molar-refractivity contribution is 5.19. The Morgan fingerprint density at radius 3 is 2.81 bits per heavy atom. The van der Waals surface area contributed by atoms with Crippen LogP contribution >= 0.6 is 0 Å². The summed E-state index contributed by atoms with van der Waals surface area (Å²) in [4.78, 5) is 0. The highest BCUT2D eigenvalue weighted by Gasteiger charge is 2.49. The van der Waals surface area contributed by atoms with E-state index < -0.39 is 5.60 Å². The Morgan fingerprint density at radius 2 is 2.19 bits per heavy atom. The molecule has 0 unspecified atom stereocenters. The van der Waals surface area contributed by atoms with Gasteiger partial charge < -0.3 is 10.2 Å². The third kappa shape index (κ3) is 1.96. The van der Waals surface area contributed by atoms with E-state index in [1.165, 1.54) is 5.57 Å². The summed E-state index contributed by atoms with van der Waals surface area (Å²) in [5.74, 6) is 0.740. The zero-order valence-electron chi connectivity index (χ0n) is 10.2. The Morgan fingerprint density at radius 1 is 1.50 bits per heavy atom. The molecule has 90 valence electrons. The standard InChI is InChI=1S/C14H22O2/c1-9-5-7-13(15)10(2)4-6-12-11(9)8-14(12,3)16/h4,11-13,15-16H,1,5-8H2,2-3H3/b10-4-/t11-,12-,13+,14-/m0/s1. The van der Waals surface area contributed by atoms with Crippen LogP contribution in [0, 0.1) is 11.8 Å². The third-order valence-electron chi connectivity index (χ3n) is 4.40. The lowest BCUT2D eigenvalue weighted by Gasteiger charge is -2.50. The van der Waals surface area contributed by atoms with Crippen LogP contribution in [0.25, 0.3) is 0 Å². The van der Waals surface area contributed by atoms with Gasteiger partial charge in [-0.05, 0) is 56.9 Å². The molecule has 2 heteroatoms. The lowest BCUT2D eigenvalue weighted by atomic mass is 9.58. The maximum Gasteiger partial charge on any atom is 0.0750 e. The quantitative estimate of drug-likeness (QED) is 0.618. The number of hydrogen-bond acceptors (Lipinski definition) is 2. The highest BCUT2D eigenvalue weighted by Crippen LogP contribution is 2.50. The summed E-state index contributed by atoms with van der Waals surface area (Å²) in [5.41, 5.74) is 1.70. The van der Waals surface area contributed by atoms with Crippen molar-refractivity contribution in [2.75, 3.05) is 0 Å². The number of fused-ring (bicyclic) bond motifs is 1. The van der Waals surface area contributed by atoms with Crippen LogP contribution in [0.3, 0.4) is 0 Å². The summed E-state index contributed by atoms with van der Waals surface area (Å²) >= 11 is 0. The first-order chi connectivity index (χ1) is 7.42. The third-order valence-corrected chi connectivity index (χ3v) is 4.40. The Labute approximate surface area is 97.7 Å². The average molecular weight is 222 g/mol. The molecule has 0 saturated heterocycles. The number of rotatable bonds is 0. The van der Waals surface area contributed by atoms with Gasteiger partial charge in [-0.3, -0.25) is 0 Å². The lowest BCUT2D eigenvalue weighted by molar-refractivity contribution is -0.111. The van der Waals surface area contributed by atoms with Crippen molar-refractivity contribution < 1.29 is 10.2 Å². The fourth-order valence-corrected chi connectivity index (χ4v) is 3.04. The van der Waals surface area contributed by atoms with E-state index in [4.69, 9.17) is 0 Å². The van der Waals surface area contributed by atoms with Crippen LogP contribution in [0.4, 0.5) is 0 Å².